The summed E-state index contributed by atoms with van der Waals surface area (Å²) in [6.07, 6.45) is 2.08. The van der Waals surface area contributed by atoms with Crippen LogP contribution in [0.25, 0.3) is 10.9 Å². The first kappa shape index (κ1) is 13.5. The summed E-state index contributed by atoms with van der Waals surface area (Å²) >= 11 is 0. The van der Waals surface area contributed by atoms with Crippen LogP contribution in [0.2, 0.25) is 0 Å². The van der Waals surface area contributed by atoms with Crippen LogP contribution in [-0.2, 0) is 6.42 Å². The van der Waals surface area contributed by atoms with Crippen LogP contribution in [0.4, 0.5) is 5.82 Å². The summed E-state index contributed by atoms with van der Waals surface area (Å²) in [5.41, 5.74) is 2.08. The number of methoxy groups -OCH3 is 2. The largest absolute Gasteiger partial charge is 0.497 e. The monoisotopic (exact) mass is 260 g/mol. The predicted molar refractivity (Wildman–Crippen MR) is 78.4 cm³/mol. The molecule has 0 fully saturated rings. The zero-order valence-corrected chi connectivity index (χ0v) is 11.9. The van der Waals surface area contributed by atoms with E-state index in [9.17, 15) is 0 Å². The van der Waals surface area contributed by atoms with Crippen LogP contribution in [0.5, 0.6) is 11.5 Å². The summed E-state index contributed by atoms with van der Waals surface area (Å²) in [6, 6.07) is 5.96. The standard InChI is InChI=1S/C15H20N2O2/c1-5-6-10-7-12-13(17-15(10)16-2)8-11(18-3)9-14(12)19-4/h7-9H,5-6H2,1-4H3,(H,16,17). The number of aryl methyl sites for hydroxylation is 1. The van der Waals surface area contributed by atoms with Crippen LogP contribution < -0.4 is 14.8 Å². The number of rotatable bonds is 5. The molecule has 0 amide bonds. The first-order valence-electron chi connectivity index (χ1n) is 6.46. The Bertz CT molecular complexity index is 582. The van der Waals surface area contributed by atoms with Crippen molar-refractivity contribution in [2.24, 2.45) is 0 Å². The molecule has 0 aliphatic carbocycles. The van der Waals surface area contributed by atoms with E-state index in [1.807, 2.05) is 19.2 Å². The zero-order valence-electron chi connectivity index (χ0n) is 11.9. The maximum atomic E-state index is 5.44. The van der Waals surface area contributed by atoms with Crippen molar-refractivity contribution in [2.45, 2.75) is 19.8 Å². The van der Waals surface area contributed by atoms with Crippen molar-refractivity contribution in [3.8, 4) is 11.5 Å². The Labute approximate surface area is 113 Å². The van der Waals surface area contributed by atoms with E-state index in [4.69, 9.17) is 9.47 Å². The van der Waals surface area contributed by atoms with E-state index >= 15 is 0 Å². The molecule has 0 aliphatic rings. The molecule has 0 bridgehead atoms. The van der Waals surface area contributed by atoms with Gasteiger partial charge in [0.25, 0.3) is 0 Å². The van der Waals surface area contributed by atoms with Crippen LogP contribution in [0.3, 0.4) is 0 Å². The second-order valence-electron chi connectivity index (χ2n) is 4.39. The number of fused-ring (bicyclic) bond motifs is 1. The summed E-state index contributed by atoms with van der Waals surface area (Å²) in [7, 11) is 5.20. The zero-order chi connectivity index (χ0) is 13.8. The lowest BCUT2D eigenvalue weighted by Crippen LogP contribution is -2.00. The molecule has 2 aromatic rings. The second kappa shape index (κ2) is 5.78. The first-order chi connectivity index (χ1) is 9.23. The molecule has 1 aromatic heterocycles. The molecule has 2 rings (SSSR count). The summed E-state index contributed by atoms with van der Waals surface area (Å²) in [4.78, 5) is 4.66. The highest BCUT2D eigenvalue weighted by molar-refractivity contribution is 5.89. The van der Waals surface area contributed by atoms with Crippen LogP contribution in [0.15, 0.2) is 18.2 Å². The molecule has 0 radical (unpaired) electrons. The highest BCUT2D eigenvalue weighted by Gasteiger charge is 2.11. The molecule has 0 saturated carbocycles. The van der Waals surface area contributed by atoms with Gasteiger partial charge >= 0.3 is 0 Å². The topological polar surface area (TPSA) is 43.4 Å². The Morgan fingerprint density at radius 2 is 1.95 bits per heavy atom. The van der Waals surface area contributed by atoms with Gasteiger partial charge in [0.05, 0.1) is 19.7 Å². The summed E-state index contributed by atoms with van der Waals surface area (Å²) in [5.74, 6) is 2.47. The molecule has 0 unspecified atom stereocenters. The SMILES string of the molecule is CCCc1cc2c(OC)cc(OC)cc2nc1NC. The Hall–Kier alpha value is -1.97. The number of ether oxygens (including phenoxy) is 2. The van der Waals surface area contributed by atoms with Gasteiger partial charge in [-0.25, -0.2) is 4.98 Å². The van der Waals surface area contributed by atoms with Gasteiger partial charge in [-0.3, -0.25) is 0 Å². The average molecular weight is 260 g/mol. The van der Waals surface area contributed by atoms with Gasteiger partial charge in [0.1, 0.15) is 17.3 Å². The summed E-state index contributed by atoms with van der Waals surface area (Å²) in [6.45, 7) is 2.16. The fourth-order valence-corrected chi connectivity index (χ4v) is 2.22. The van der Waals surface area contributed by atoms with Crippen molar-refractivity contribution in [2.75, 3.05) is 26.6 Å². The normalized spacial score (nSPS) is 10.5. The van der Waals surface area contributed by atoms with E-state index in [0.29, 0.717) is 0 Å². The molecule has 0 atom stereocenters. The molecule has 0 aliphatic heterocycles. The third-order valence-electron chi connectivity index (χ3n) is 3.16. The summed E-state index contributed by atoms with van der Waals surface area (Å²) < 4.78 is 10.7. The Morgan fingerprint density at radius 1 is 1.16 bits per heavy atom. The third-order valence-corrected chi connectivity index (χ3v) is 3.16. The van der Waals surface area contributed by atoms with Gasteiger partial charge in [-0.2, -0.15) is 0 Å². The minimum Gasteiger partial charge on any atom is -0.497 e. The summed E-state index contributed by atoms with van der Waals surface area (Å²) in [5, 5.41) is 4.17. The highest BCUT2D eigenvalue weighted by Crippen LogP contribution is 2.32. The van der Waals surface area contributed by atoms with E-state index < -0.39 is 0 Å². The quantitative estimate of drug-likeness (QED) is 0.896. The maximum absolute atomic E-state index is 5.44. The van der Waals surface area contributed by atoms with E-state index in [1.54, 1.807) is 14.2 Å². The Kier molecular flexibility index (Phi) is 4.10. The van der Waals surface area contributed by atoms with Crippen molar-refractivity contribution in [1.29, 1.82) is 0 Å². The van der Waals surface area contributed by atoms with Crippen molar-refractivity contribution in [3.63, 3.8) is 0 Å². The lowest BCUT2D eigenvalue weighted by molar-refractivity contribution is 0.398. The van der Waals surface area contributed by atoms with Gasteiger partial charge in [-0.1, -0.05) is 13.3 Å². The molecule has 0 saturated heterocycles. The van der Waals surface area contributed by atoms with Crippen molar-refractivity contribution in [3.05, 3.63) is 23.8 Å². The minimum absolute atomic E-state index is 0.752. The van der Waals surface area contributed by atoms with Gasteiger partial charge in [0.15, 0.2) is 0 Å². The number of aromatic nitrogens is 1. The molecule has 4 nitrogen and oxygen atoms in total. The molecule has 4 heteroatoms. The number of anilines is 1. The van der Waals surface area contributed by atoms with Gasteiger partial charge in [-0.15, -0.1) is 0 Å². The third kappa shape index (κ3) is 2.57. The van der Waals surface area contributed by atoms with Crippen molar-refractivity contribution >= 4 is 16.7 Å². The molecular formula is C15H20N2O2. The van der Waals surface area contributed by atoms with Crippen LogP contribution in [-0.4, -0.2) is 26.3 Å². The van der Waals surface area contributed by atoms with E-state index in [1.165, 1.54) is 5.56 Å². The fourth-order valence-electron chi connectivity index (χ4n) is 2.22. The smallest absolute Gasteiger partial charge is 0.131 e. The molecule has 1 heterocycles. The fraction of sp³-hybridized carbons (Fsp3) is 0.400. The number of benzene rings is 1. The number of hydrogen-bond donors (Lipinski definition) is 1. The molecule has 1 N–H and O–H groups in total. The number of nitrogens with zero attached hydrogens (tertiary/aromatic N) is 1. The molecule has 19 heavy (non-hydrogen) atoms. The molecule has 0 spiro atoms. The highest BCUT2D eigenvalue weighted by atomic mass is 16.5. The second-order valence-corrected chi connectivity index (χ2v) is 4.39. The number of pyridine rings is 1. The van der Waals surface area contributed by atoms with E-state index in [-0.39, 0.29) is 0 Å². The number of nitrogens with one attached hydrogen (secondary N) is 1. The van der Waals surface area contributed by atoms with E-state index in [2.05, 4.69) is 23.3 Å². The number of hydrogen-bond acceptors (Lipinski definition) is 4. The van der Waals surface area contributed by atoms with Gasteiger partial charge in [0, 0.05) is 24.6 Å². The Morgan fingerprint density at radius 3 is 2.53 bits per heavy atom. The predicted octanol–water partition coefficient (Wildman–Crippen LogP) is 3.25. The van der Waals surface area contributed by atoms with Gasteiger partial charge in [0.2, 0.25) is 0 Å². The van der Waals surface area contributed by atoms with Crippen LogP contribution >= 0.6 is 0 Å². The minimum atomic E-state index is 0.752. The molecule has 1 aromatic carbocycles. The lowest BCUT2D eigenvalue weighted by atomic mass is 10.1. The van der Waals surface area contributed by atoms with E-state index in [0.717, 1.165) is 41.1 Å². The average Bonchev–Trinajstić information content (AvgIpc) is 2.45. The first-order valence-corrected chi connectivity index (χ1v) is 6.46. The maximum Gasteiger partial charge on any atom is 0.131 e. The Balaban J connectivity index is 2.68. The lowest BCUT2D eigenvalue weighted by Gasteiger charge is -2.13. The molecule has 102 valence electrons. The van der Waals surface area contributed by atoms with Gasteiger partial charge < -0.3 is 14.8 Å². The van der Waals surface area contributed by atoms with Crippen molar-refractivity contribution < 1.29 is 9.47 Å². The van der Waals surface area contributed by atoms with Crippen LogP contribution in [0, 0.1) is 0 Å². The van der Waals surface area contributed by atoms with Crippen molar-refractivity contribution in [1.82, 2.24) is 4.98 Å². The molecular weight excluding hydrogens is 240 g/mol. The van der Waals surface area contributed by atoms with Gasteiger partial charge in [-0.05, 0) is 18.1 Å². The van der Waals surface area contributed by atoms with Crippen LogP contribution in [0.1, 0.15) is 18.9 Å².